The molecule has 3 aromatic heterocycles. The average Bonchev–Trinajstić information content (AvgIpc) is 3.84. The van der Waals surface area contributed by atoms with Crippen molar-refractivity contribution in [1.29, 1.82) is 0 Å². The summed E-state index contributed by atoms with van der Waals surface area (Å²) in [4.78, 5) is 23.0. The summed E-state index contributed by atoms with van der Waals surface area (Å²) in [6, 6.07) is 21.3. The molecule has 0 radical (unpaired) electrons. The van der Waals surface area contributed by atoms with Gasteiger partial charge in [0, 0.05) is 95.3 Å². The van der Waals surface area contributed by atoms with Gasteiger partial charge in [0.2, 0.25) is 0 Å². The molecule has 0 bridgehead atoms. The number of nitrogens with zero attached hydrogens (tertiary/aromatic N) is 4. The van der Waals surface area contributed by atoms with Gasteiger partial charge in [0.25, 0.3) is 11.4 Å². The van der Waals surface area contributed by atoms with Crippen LogP contribution in [0.1, 0.15) is 55.4 Å². The highest BCUT2D eigenvalue weighted by Crippen LogP contribution is 2.21. The summed E-state index contributed by atoms with van der Waals surface area (Å²) in [5.74, 6) is 0. The summed E-state index contributed by atoms with van der Waals surface area (Å²) in [6.07, 6.45) is 5.67. The number of nitro groups is 2. The normalized spacial score (nSPS) is 8.83. The molecular formula is C36H52N6O4. The SMILES string of the molecule is C=C.CC.CC.CC.CC.Cn1ccc2cc(N)ccc21.Cn1ccc2cc([N+](=O)[O-])ccc21.O=[N+]([O-])c1ccc2[nH]ccc2c1. The second kappa shape index (κ2) is 24.0. The molecule has 0 saturated carbocycles. The Hall–Kier alpha value is -5.38. The number of fused-ring (bicyclic) bond motifs is 3. The number of nitrogens with two attached hydrogens (primary N) is 1. The first-order chi connectivity index (χ1) is 22.2. The van der Waals surface area contributed by atoms with Gasteiger partial charge in [-0.3, -0.25) is 20.2 Å². The van der Waals surface area contributed by atoms with Crippen LogP contribution in [0, 0.1) is 20.2 Å². The van der Waals surface area contributed by atoms with Gasteiger partial charge >= 0.3 is 0 Å². The van der Waals surface area contributed by atoms with Crippen molar-refractivity contribution in [3.63, 3.8) is 0 Å². The highest BCUT2D eigenvalue weighted by atomic mass is 16.6. The maximum Gasteiger partial charge on any atom is 0.270 e. The van der Waals surface area contributed by atoms with E-state index in [-0.39, 0.29) is 16.3 Å². The van der Waals surface area contributed by atoms with Crippen molar-refractivity contribution in [3.05, 3.63) is 125 Å². The van der Waals surface area contributed by atoms with Crippen molar-refractivity contribution in [2.75, 3.05) is 5.73 Å². The summed E-state index contributed by atoms with van der Waals surface area (Å²) >= 11 is 0. The molecule has 250 valence electrons. The van der Waals surface area contributed by atoms with E-state index in [1.807, 2.05) is 117 Å². The standard InChI is InChI=1S/C9H8N2O2.C9H10N2.C8H6N2O2.4C2H6.C2H4/c1-10-5-4-7-6-8(11(12)13)2-3-9(7)10;1-11-5-4-7-6-8(10)2-3-9(7)11;11-10(12)7-1-2-8-6(5-7)3-4-9-8;5*1-2/h2-6H,1H3;2-6H,10H2,1H3;1-5,9H;4*1-2H3;1-2H2. The zero-order chi connectivity index (χ0) is 35.8. The van der Waals surface area contributed by atoms with Crippen LogP contribution in [0.3, 0.4) is 0 Å². The average molecular weight is 633 g/mol. The van der Waals surface area contributed by atoms with Crippen LogP contribution in [0.5, 0.6) is 0 Å². The number of nitro benzene ring substituents is 2. The molecule has 0 amide bonds. The Bertz CT molecular complexity index is 1720. The molecule has 0 saturated heterocycles. The van der Waals surface area contributed by atoms with Gasteiger partial charge in [-0.25, -0.2) is 0 Å². The molecule has 0 aliphatic carbocycles. The van der Waals surface area contributed by atoms with Crippen molar-refractivity contribution in [2.24, 2.45) is 14.1 Å². The van der Waals surface area contributed by atoms with E-state index >= 15 is 0 Å². The summed E-state index contributed by atoms with van der Waals surface area (Å²) < 4.78 is 4.01. The van der Waals surface area contributed by atoms with Gasteiger partial charge in [0.15, 0.2) is 0 Å². The molecule has 0 aliphatic rings. The molecule has 0 unspecified atom stereocenters. The number of non-ortho nitro benzene ring substituents is 2. The lowest BCUT2D eigenvalue weighted by Crippen LogP contribution is -1.88. The minimum absolute atomic E-state index is 0.127. The largest absolute Gasteiger partial charge is 0.399 e. The van der Waals surface area contributed by atoms with Crippen molar-refractivity contribution < 1.29 is 9.85 Å². The molecule has 3 N–H and O–H groups in total. The van der Waals surface area contributed by atoms with Crippen LogP contribution in [0.4, 0.5) is 17.1 Å². The van der Waals surface area contributed by atoms with Crippen LogP contribution in [-0.2, 0) is 14.1 Å². The first-order valence-corrected chi connectivity index (χ1v) is 15.4. The van der Waals surface area contributed by atoms with Crippen molar-refractivity contribution in [3.8, 4) is 0 Å². The minimum Gasteiger partial charge on any atom is -0.399 e. The van der Waals surface area contributed by atoms with Gasteiger partial charge in [-0.2, -0.15) is 0 Å². The predicted molar refractivity (Wildman–Crippen MR) is 199 cm³/mol. The topological polar surface area (TPSA) is 138 Å². The third kappa shape index (κ3) is 12.7. The fourth-order valence-electron chi connectivity index (χ4n) is 3.84. The lowest BCUT2D eigenvalue weighted by atomic mass is 10.2. The van der Waals surface area contributed by atoms with E-state index in [1.54, 1.807) is 30.5 Å². The van der Waals surface area contributed by atoms with E-state index in [0.717, 1.165) is 27.5 Å². The van der Waals surface area contributed by atoms with Crippen LogP contribution < -0.4 is 5.73 Å². The monoisotopic (exact) mass is 632 g/mol. The van der Waals surface area contributed by atoms with Crippen LogP contribution >= 0.6 is 0 Å². The Morgan fingerprint density at radius 2 is 1.02 bits per heavy atom. The van der Waals surface area contributed by atoms with E-state index in [2.05, 4.69) is 28.8 Å². The number of anilines is 1. The van der Waals surface area contributed by atoms with Gasteiger partial charge in [-0.1, -0.05) is 55.4 Å². The van der Waals surface area contributed by atoms with Crippen LogP contribution in [0.2, 0.25) is 0 Å². The maximum absolute atomic E-state index is 10.5. The quantitative estimate of drug-likeness (QED) is 0.0846. The molecule has 3 aromatic carbocycles. The number of H-pyrrole nitrogens is 1. The van der Waals surface area contributed by atoms with Crippen LogP contribution in [0.25, 0.3) is 32.7 Å². The molecule has 10 heteroatoms. The van der Waals surface area contributed by atoms with E-state index in [0.29, 0.717) is 0 Å². The molecule has 0 atom stereocenters. The van der Waals surface area contributed by atoms with E-state index in [1.165, 1.54) is 23.0 Å². The van der Waals surface area contributed by atoms with Gasteiger partial charge in [-0.15, -0.1) is 13.2 Å². The Morgan fingerprint density at radius 1 is 0.609 bits per heavy atom. The van der Waals surface area contributed by atoms with Crippen LogP contribution in [-0.4, -0.2) is 24.0 Å². The predicted octanol–water partition coefficient (Wildman–Crippen LogP) is 10.8. The Balaban J connectivity index is 0. The molecule has 10 nitrogen and oxygen atoms in total. The molecular weight excluding hydrogens is 580 g/mol. The summed E-state index contributed by atoms with van der Waals surface area (Å²) in [5, 5.41) is 23.8. The Kier molecular flexibility index (Phi) is 22.3. The first-order valence-electron chi connectivity index (χ1n) is 15.4. The third-order valence-corrected chi connectivity index (χ3v) is 5.74. The van der Waals surface area contributed by atoms with E-state index in [9.17, 15) is 20.2 Å². The molecule has 0 spiro atoms. The van der Waals surface area contributed by atoms with Gasteiger partial charge in [-0.05, 0) is 48.5 Å². The highest BCUT2D eigenvalue weighted by molar-refractivity contribution is 5.84. The Labute approximate surface area is 273 Å². The lowest BCUT2D eigenvalue weighted by molar-refractivity contribution is -0.384. The Morgan fingerprint density at radius 3 is 1.50 bits per heavy atom. The zero-order valence-electron chi connectivity index (χ0n) is 29.1. The molecule has 6 aromatic rings. The highest BCUT2D eigenvalue weighted by Gasteiger charge is 2.07. The first kappa shape index (κ1) is 42.8. The van der Waals surface area contributed by atoms with Gasteiger partial charge < -0.3 is 19.9 Å². The molecule has 0 aliphatic heterocycles. The number of aryl methyl sites for hydroxylation is 2. The number of nitrogen functional groups attached to an aromatic ring is 1. The molecule has 3 heterocycles. The number of nitrogens with one attached hydrogen (secondary N) is 1. The zero-order valence-corrected chi connectivity index (χ0v) is 29.1. The maximum atomic E-state index is 10.5. The second-order valence-corrected chi connectivity index (χ2v) is 8.18. The van der Waals surface area contributed by atoms with E-state index in [4.69, 9.17) is 5.73 Å². The van der Waals surface area contributed by atoms with E-state index < -0.39 is 4.92 Å². The molecule has 6 rings (SSSR count). The number of aromatic nitrogens is 3. The smallest absolute Gasteiger partial charge is 0.270 e. The van der Waals surface area contributed by atoms with Crippen molar-refractivity contribution in [2.45, 2.75) is 55.4 Å². The summed E-state index contributed by atoms with van der Waals surface area (Å²) in [6.45, 7) is 22.0. The lowest BCUT2D eigenvalue weighted by Gasteiger charge is -1.95. The van der Waals surface area contributed by atoms with Gasteiger partial charge in [0.1, 0.15) is 0 Å². The third-order valence-electron chi connectivity index (χ3n) is 5.74. The molecule has 0 fully saturated rings. The minimum atomic E-state index is -0.396. The number of hydrogen-bond donors (Lipinski definition) is 2. The van der Waals surface area contributed by atoms with Crippen molar-refractivity contribution >= 4 is 49.8 Å². The van der Waals surface area contributed by atoms with Gasteiger partial charge in [0.05, 0.1) is 9.85 Å². The van der Waals surface area contributed by atoms with Crippen molar-refractivity contribution in [1.82, 2.24) is 14.1 Å². The van der Waals surface area contributed by atoms with Crippen LogP contribution in [0.15, 0.2) is 105 Å². The number of hydrogen-bond acceptors (Lipinski definition) is 5. The number of aromatic amines is 1. The fourth-order valence-corrected chi connectivity index (χ4v) is 3.84. The number of rotatable bonds is 2. The second-order valence-electron chi connectivity index (χ2n) is 8.18. The number of benzene rings is 3. The summed E-state index contributed by atoms with van der Waals surface area (Å²) in [5.41, 5.74) is 9.86. The summed E-state index contributed by atoms with van der Waals surface area (Å²) in [7, 11) is 3.94. The fraction of sp³-hybridized carbons (Fsp3) is 0.278. The molecule has 46 heavy (non-hydrogen) atoms.